The van der Waals surface area contributed by atoms with Gasteiger partial charge in [0.1, 0.15) is 28.7 Å². The molecular weight excluding hydrogens is 392 g/mol. The Labute approximate surface area is 176 Å². The molecule has 30 heavy (non-hydrogen) atoms. The van der Waals surface area contributed by atoms with Gasteiger partial charge in [0.25, 0.3) is 0 Å². The first-order valence-electron chi connectivity index (χ1n) is 9.24. The lowest BCUT2D eigenvalue weighted by Gasteiger charge is -2.16. The van der Waals surface area contributed by atoms with Crippen LogP contribution in [0.5, 0.6) is 23.0 Å². The first kappa shape index (κ1) is 23.1. The number of carbonyl (C=O) groups is 1. The van der Waals surface area contributed by atoms with Crippen LogP contribution in [0.15, 0.2) is 36.4 Å². The van der Waals surface area contributed by atoms with Crippen LogP contribution < -0.4 is 29.6 Å². The topological polar surface area (TPSA) is 96.5 Å². The van der Waals surface area contributed by atoms with E-state index < -0.39 is 6.03 Å². The van der Waals surface area contributed by atoms with Gasteiger partial charge < -0.3 is 39.1 Å². The van der Waals surface area contributed by atoms with E-state index in [9.17, 15) is 4.79 Å². The summed E-state index contributed by atoms with van der Waals surface area (Å²) in [5, 5.41) is 5.54. The average molecular weight is 420 g/mol. The fourth-order valence-electron chi connectivity index (χ4n) is 2.48. The number of hydrogen-bond donors (Lipinski definition) is 2. The Kier molecular flexibility index (Phi) is 9.56. The van der Waals surface area contributed by atoms with Crippen LogP contribution >= 0.6 is 0 Å². The van der Waals surface area contributed by atoms with Crippen molar-refractivity contribution in [3.63, 3.8) is 0 Å². The summed E-state index contributed by atoms with van der Waals surface area (Å²) in [5.41, 5.74) is 1.32. The van der Waals surface area contributed by atoms with Gasteiger partial charge in [0.05, 0.1) is 34.5 Å². The molecule has 0 spiro atoms. The zero-order valence-electron chi connectivity index (χ0n) is 17.7. The molecule has 0 radical (unpaired) electrons. The molecular formula is C21H28N2O7. The molecule has 0 saturated heterocycles. The van der Waals surface area contributed by atoms with Gasteiger partial charge in [-0.2, -0.15) is 0 Å². The van der Waals surface area contributed by atoms with Gasteiger partial charge in [0, 0.05) is 25.8 Å². The van der Waals surface area contributed by atoms with Crippen LogP contribution in [0.4, 0.5) is 10.5 Å². The van der Waals surface area contributed by atoms with Crippen LogP contribution in [-0.4, -0.2) is 54.5 Å². The van der Waals surface area contributed by atoms with Gasteiger partial charge in [-0.3, -0.25) is 0 Å². The lowest BCUT2D eigenvalue weighted by Crippen LogP contribution is -2.28. The van der Waals surface area contributed by atoms with Gasteiger partial charge >= 0.3 is 6.03 Å². The molecule has 2 rings (SSSR count). The summed E-state index contributed by atoms with van der Waals surface area (Å²) in [7, 11) is 6.16. The number of ether oxygens (including phenoxy) is 6. The summed E-state index contributed by atoms with van der Waals surface area (Å²) in [5.74, 6) is 2.08. The van der Waals surface area contributed by atoms with E-state index >= 15 is 0 Å². The summed E-state index contributed by atoms with van der Waals surface area (Å²) < 4.78 is 31.5. The molecule has 0 aliphatic rings. The molecule has 2 N–H and O–H groups in total. The summed E-state index contributed by atoms with van der Waals surface area (Å²) in [6, 6.07) is 10.3. The number of rotatable bonds is 12. The Morgan fingerprint density at radius 2 is 1.53 bits per heavy atom. The van der Waals surface area contributed by atoms with Crippen LogP contribution in [0.25, 0.3) is 0 Å². The Hall–Kier alpha value is -3.17. The minimum absolute atomic E-state index is 0.148. The van der Waals surface area contributed by atoms with Gasteiger partial charge in [-0.05, 0) is 17.7 Å². The van der Waals surface area contributed by atoms with E-state index in [2.05, 4.69) is 10.6 Å². The monoisotopic (exact) mass is 420 g/mol. The molecule has 9 nitrogen and oxygen atoms in total. The molecule has 2 amide bonds. The molecule has 2 aromatic carbocycles. The van der Waals surface area contributed by atoms with Gasteiger partial charge in [0.2, 0.25) is 0 Å². The number of benzene rings is 2. The third kappa shape index (κ3) is 7.02. The standard InChI is InChI=1S/C21H28N2O7/c1-25-9-10-29-14-30-16-7-5-15(6-8-16)13-22-21(24)23-20-18(27-3)11-17(26-2)12-19(20)28-4/h5-8,11-12H,9-10,13-14H2,1-4H3,(H2,22,23,24). The third-order valence-corrected chi connectivity index (χ3v) is 4.07. The van der Waals surface area contributed by atoms with Crippen molar-refractivity contribution in [2.75, 3.05) is 53.8 Å². The average Bonchev–Trinajstić information content (AvgIpc) is 2.78. The normalized spacial score (nSPS) is 10.3. The Bertz CT molecular complexity index is 771. The first-order chi connectivity index (χ1) is 14.6. The predicted molar refractivity (Wildman–Crippen MR) is 112 cm³/mol. The summed E-state index contributed by atoms with van der Waals surface area (Å²) >= 11 is 0. The maximum absolute atomic E-state index is 12.4. The molecule has 0 unspecified atom stereocenters. The zero-order valence-corrected chi connectivity index (χ0v) is 17.7. The Balaban J connectivity index is 1.87. The van der Waals surface area contributed by atoms with E-state index in [1.807, 2.05) is 24.3 Å². The fraction of sp³-hybridized carbons (Fsp3) is 0.381. The van der Waals surface area contributed by atoms with E-state index in [0.29, 0.717) is 48.4 Å². The molecule has 0 atom stereocenters. The quantitative estimate of drug-likeness (QED) is 0.402. The second-order valence-corrected chi connectivity index (χ2v) is 6.02. The molecule has 0 saturated carbocycles. The Morgan fingerprint density at radius 1 is 0.867 bits per heavy atom. The predicted octanol–water partition coefficient (Wildman–Crippen LogP) is 3.03. The second-order valence-electron chi connectivity index (χ2n) is 6.02. The number of urea groups is 1. The minimum atomic E-state index is -0.399. The zero-order chi connectivity index (χ0) is 21.8. The number of nitrogens with one attached hydrogen (secondary N) is 2. The van der Waals surface area contributed by atoms with Crippen LogP contribution in [0.1, 0.15) is 5.56 Å². The first-order valence-corrected chi connectivity index (χ1v) is 9.24. The molecule has 0 aliphatic heterocycles. The number of anilines is 1. The van der Waals surface area contributed by atoms with Crippen molar-refractivity contribution in [3.8, 4) is 23.0 Å². The van der Waals surface area contributed by atoms with Gasteiger partial charge in [-0.25, -0.2) is 4.79 Å². The van der Waals surface area contributed by atoms with Crippen molar-refractivity contribution in [1.82, 2.24) is 5.32 Å². The van der Waals surface area contributed by atoms with Crippen LogP contribution in [0.3, 0.4) is 0 Å². The van der Waals surface area contributed by atoms with Gasteiger partial charge in [-0.1, -0.05) is 12.1 Å². The smallest absolute Gasteiger partial charge is 0.319 e. The molecule has 0 aromatic heterocycles. The number of carbonyl (C=O) groups excluding carboxylic acids is 1. The highest BCUT2D eigenvalue weighted by molar-refractivity contribution is 5.93. The van der Waals surface area contributed by atoms with E-state index in [0.717, 1.165) is 5.56 Å². The summed E-state index contributed by atoms with van der Waals surface area (Å²) in [6.45, 7) is 1.47. The SMILES string of the molecule is COCCOCOc1ccc(CNC(=O)Nc2c(OC)cc(OC)cc2OC)cc1. The van der Waals surface area contributed by atoms with E-state index in [-0.39, 0.29) is 6.79 Å². The molecule has 0 bridgehead atoms. The highest BCUT2D eigenvalue weighted by Gasteiger charge is 2.15. The Morgan fingerprint density at radius 3 is 2.10 bits per heavy atom. The van der Waals surface area contributed by atoms with Crippen LogP contribution in [-0.2, 0) is 16.0 Å². The molecule has 9 heteroatoms. The second kappa shape index (κ2) is 12.4. The van der Waals surface area contributed by atoms with Crippen molar-refractivity contribution >= 4 is 11.7 Å². The summed E-state index contributed by atoms with van der Waals surface area (Å²) in [4.78, 5) is 12.4. The van der Waals surface area contributed by atoms with Crippen LogP contribution in [0.2, 0.25) is 0 Å². The maximum Gasteiger partial charge on any atom is 0.319 e. The number of methoxy groups -OCH3 is 4. The number of hydrogen-bond acceptors (Lipinski definition) is 7. The largest absolute Gasteiger partial charge is 0.496 e. The third-order valence-electron chi connectivity index (χ3n) is 4.07. The van der Waals surface area contributed by atoms with E-state index in [1.54, 1.807) is 26.4 Å². The molecule has 2 aromatic rings. The van der Waals surface area contributed by atoms with Crippen LogP contribution in [0, 0.1) is 0 Å². The van der Waals surface area contributed by atoms with E-state index in [4.69, 9.17) is 28.4 Å². The van der Waals surface area contributed by atoms with Crippen molar-refractivity contribution in [3.05, 3.63) is 42.0 Å². The van der Waals surface area contributed by atoms with Crippen molar-refractivity contribution in [2.45, 2.75) is 6.54 Å². The summed E-state index contributed by atoms with van der Waals surface area (Å²) in [6.07, 6.45) is 0. The molecule has 164 valence electrons. The molecule has 0 fully saturated rings. The lowest BCUT2D eigenvalue weighted by molar-refractivity contribution is -0.00847. The lowest BCUT2D eigenvalue weighted by atomic mass is 10.2. The maximum atomic E-state index is 12.4. The van der Waals surface area contributed by atoms with Crippen molar-refractivity contribution in [1.29, 1.82) is 0 Å². The van der Waals surface area contributed by atoms with Crippen molar-refractivity contribution in [2.24, 2.45) is 0 Å². The highest BCUT2D eigenvalue weighted by Crippen LogP contribution is 2.38. The number of amides is 2. The highest BCUT2D eigenvalue weighted by atomic mass is 16.7. The molecule has 0 aliphatic carbocycles. The molecule has 0 heterocycles. The van der Waals surface area contributed by atoms with Gasteiger partial charge in [0.15, 0.2) is 6.79 Å². The van der Waals surface area contributed by atoms with Crippen molar-refractivity contribution < 1.29 is 33.2 Å². The minimum Gasteiger partial charge on any atom is -0.496 e. The van der Waals surface area contributed by atoms with Gasteiger partial charge in [-0.15, -0.1) is 0 Å². The van der Waals surface area contributed by atoms with E-state index in [1.165, 1.54) is 14.2 Å². The fourth-order valence-corrected chi connectivity index (χ4v) is 2.48.